The lowest BCUT2D eigenvalue weighted by atomic mass is 9.90. The van der Waals surface area contributed by atoms with Gasteiger partial charge in [0.25, 0.3) is 6.43 Å². The standard InChI is InChI=1S/C27H36F2N8O2/c1-34(2)17-24(38)35(3)19-10-8-18(9-11-19)30-27-32-22(36-12-14-39-15-13-36)16-23(33-27)37-21-7-5-4-6-20(21)31-26(37)25(28)29/h4-7,16,18-19,25H,8-15,17H2,1-3H3,(H,30,32,33)/t18-,19-. The van der Waals surface area contributed by atoms with Crippen LogP contribution in [0.3, 0.4) is 0 Å². The van der Waals surface area contributed by atoms with Crippen LogP contribution in [0.15, 0.2) is 30.3 Å². The Morgan fingerprint density at radius 2 is 1.74 bits per heavy atom. The van der Waals surface area contributed by atoms with Crippen molar-refractivity contribution in [3.8, 4) is 5.82 Å². The highest BCUT2D eigenvalue weighted by molar-refractivity contribution is 5.79. The number of ether oxygens (including phenoxy) is 1. The number of para-hydroxylation sites is 2. The van der Waals surface area contributed by atoms with Gasteiger partial charge in [-0.05, 0) is 51.9 Å². The molecule has 1 saturated heterocycles. The molecule has 1 aliphatic carbocycles. The van der Waals surface area contributed by atoms with Crippen molar-refractivity contribution in [3.63, 3.8) is 0 Å². The molecule has 3 heterocycles. The largest absolute Gasteiger partial charge is 0.378 e. The summed E-state index contributed by atoms with van der Waals surface area (Å²) in [6, 6.07) is 9.13. The Bertz CT molecular complexity index is 1290. The van der Waals surface area contributed by atoms with E-state index in [1.807, 2.05) is 30.9 Å². The first-order valence-electron chi connectivity index (χ1n) is 13.4. The number of alkyl halides is 2. The van der Waals surface area contributed by atoms with Crippen LogP contribution in [-0.4, -0.2) is 101 Å². The van der Waals surface area contributed by atoms with Gasteiger partial charge in [-0.25, -0.2) is 13.8 Å². The zero-order valence-electron chi connectivity index (χ0n) is 22.7. The minimum absolute atomic E-state index is 0.112. The molecule has 3 aromatic rings. The minimum Gasteiger partial charge on any atom is -0.378 e. The van der Waals surface area contributed by atoms with Gasteiger partial charge < -0.3 is 24.8 Å². The zero-order valence-corrected chi connectivity index (χ0v) is 22.7. The molecular formula is C27H36F2N8O2. The summed E-state index contributed by atoms with van der Waals surface area (Å²) < 4.78 is 35.2. The summed E-state index contributed by atoms with van der Waals surface area (Å²) in [6.45, 7) is 2.84. The van der Waals surface area contributed by atoms with E-state index >= 15 is 0 Å². The first-order chi connectivity index (χ1) is 18.8. The lowest BCUT2D eigenvalue weighted by Gasteiger charge is -2.35. The molecular weight excluding hydrogens is 506 g/mol. The minimum atomic E-state index is -2.77. The van der Waals surface area contributed by atoms with Crippen molar-refractivity contribution in [2.75, 3.05) is 64.2 Å². The van der Waals surface area contributed by atoms with E-state index in [0.717, 1.165) is 25.7 Å². The number of morpholine rings is 1. The summed E-state index contributed by atoms with van der Waals surface area (Å²) in [4.78, 5) is 32.0. The average Bonchev–Trinajstić information content (AvgIpc) is 3.33. The maximum Gasteiger partial charge on any atom is 0.296 e. The first kappa shape index (κ1) is 27.2. The molecule has 0 bridgehead atoms. The number of carbonyl (C=O) groups excluding carboxylic acids is 1. The van der Waals surface area contributed by atoms with Crippen LogP contribution >= 0.6 is 0 Å². The quantitative estimate of drug-likeness (QED) is 0.464. The Morgan fingerprint density at radius 1 is 1.05 bits per heavy atom. The molecule has 0 atom stereocenters. The van der Waals surface area contributed by atoms with Gasteiger partial charge in [0.1, 0.15) is 11.6 Å². The number of benzene rings is 1. The highest BCUT2D eigenvalue weighted by atomic mass is 19.3. The van der Waals surface area contributed by atoms with Gasteiger partial charge in [-0.15, -0.1) is 0 Å². The number of carbonyl (C=O) groups is 1. The molecule has 0 radical (unpaired) electrons. The predicted molar refractivity (Wildman–Crippen MR) is 146 cm³/mol. The topological polar surface area (TPSA) is 91.7 Å². The second kappa shape index (κ2) is 11.8. The Morgan fingerprint density at radius 3 is 2.44 bits per heavy atom. The van der Waals surface area contributed by atoms with Crippen molar-refractivity contribution in [2.24, 2.45) is 0 Å². The van der Waals surface area contributed by atoms with Crippen molar-refractivity contribution in [1.29, 1.82) is 0 Å². The lowest BCUT2D eigenvalue weighted by Crippen LogP contribution is -2.44. The number of likely N-dealkylation sites (N-methyl/N-ethyl adjacent to an activating group) is 2. The molecule has 1 amide bonds. The number of amides is 1. The lowest BCUT2D eigenvalue weighted by molar-refractivity contribution is -0.133. The molecule has 1 aliphatic heterocycles. The van der Waals surface area contributed by atoms with E-state index in [2.05, 4.69) is 15.2 Å². The van der Waals surface area contributed by atoms with Crippen LogP contribution in [0.25, 0.3) is 16.9 Å². The smallest absolute Gasteiger partial charge is 0.296 e. The van der Waals surface area contributed by atoms with Crippen molar-refractivity contribution < 1.29 is 18.3 Å². The second-order valence-electron chi connectivity index (χ2n) is 10.5. The van der Waals surface area contributed by atoms with Crippen molar-refractivity contribution >= 4 is 28.7 Å². The van der Waals surface area contributed by atoms with Crippen LogP contribution in [-0.2, 0) is 9.53 Å². The summed E-state index contributed by atoms with van der Waals surface area (Å²) in [5.74, 6) is 1.17. The van der Waals surface area contributed by atoms with Gasteiger partial charge in [0.15, 0.2) is 5.82 Å². The SMILES string of the molecule is CN(C)CC(=O)N(C)[C@H]1CC[C@H](Nc2nc(N3CCOCC3)cc(-n3c(C(F)F)nc4ccccc43)n2)CC1. The van der Waals surface area contributed by atoms with Crippen molar-refractivity contribution in [1.82, 2.24) is 29.3 Å². The Labute approximate surface area is 227 Å². The molecule has 0 unspecified atom stereocenters. The van der Waals surface area contributed by atoms with E-state index in [1.165, 1.54) is 4.57 Å². The van der Waals surface area contributed by atoms with E-state index in [1.54, 1.807) is 30.3 Å². The normalized spacial score (nSPS) is 20.1. The summed E-state index contributed by atoms with van der Waals surface area (Å²) >= 11 is 0. The molecule has 2 aliphatic rings. The Kier molecular flexibility index (Phi) is 8.22. The summed E-state index contributed by atoms with van der Waals surface area (Å²) in [5.41, 5.74) is 1.05. The first-order valence-corrected chi connectivity index (χ1v) is 13.4. The van der Waals surface area contributed by atoms with E-state index in [4.69, 9.17) is 14.7 Å². The fourth-order valence-corrected chi connectivity index (χ4v) is 5.36. The molecule has 0 spiro atoms. The van der Waals surface area contributed by atoms with E-state index < -0.39 is 6.43 Å². The monoisotopic (exact) mass is 542 g/mol. The summed E-state index contributed by atoms with van der Waals surface area (Å²) in [7, 11) is 5.66. The molecule has 210 valence electrons. The van der Waals surface area contributed by atoms with Crippen molar-refractivity contribution in [3.05, 3.63) is 36.2 Å². The second-order valence-corrected chi connectivity index (χ2v) is 10.5. The molecule has 1 saturated carbocycles. The average molecular weight is 543 g/mol. The number of nitrogens with zero attached hydrogens (tertiary/aromatic N) is 7. The summed E-state index contributed by atoms with van der Waals surface area (Å²) in [5, 5.41) is 3.47. The van der Waals surface area contributed by atoms with Gasteiger partial charge in [-0.1, -0.05) is 12.1 Å². The predicted octanol–water partition coefficient (Wildman–Crippen LogP) is 3.33. The fraction of sp³-hybridized carbons (Fsp3) is 0.556. The maximum absolute atomic E-state index is 14.1. The van der Waals surface area contributed by atoms with Gasteiger partial charge in [-0.3, -0.25) is 9.36 Å². The number of aromatic nitrogens is 4. The maximum atomic E-state index is 14.1. The molecule has 12 heteroatoms. The molecule has 5 rings (SSSR count). The number of halogens is 2. The summed E-state index contributed by atoms with van der Waals surface area (Å²) in [6.07, 6.45) is 0.663. The number of hydrogen-bond acceptors (Lipinski definition) is 8. The molecule has 1 N–H and O–H groups in total. The zero-order chi connectivity index (χ0) is 27.5. The number of imidazole rings is 1. The van der Waals surface area contributed by atoms with E-state index in [-0.39, 0.29) is 23.8 Å². The van der Waals surface area contributed by atoms with Crippen LogP contribution in [0.2, 0.25) is 0 Å². The third kappa shape index (κ3) is 6.11. The fourth-order valence-electron chi connectivity index (χ4n) is 5.36. The molecule has 2 aromatic heterocycles. The number of fused-ring (bicyclic) bond motifs is 1. The highest BCUT2D eigenvalue weighted by Gasteiger charge is 2.28. The van der Waals surface area contributed by atoms with Crippen LogP contribution < -0.4 is 10.2 Å². The highest BCUT2D eigenvalue weighted by Crippen LogP contribution is 2.30. The van der Waals surface area contributed by atoms with Crippen LogP contribution in [0.4, 0.5) is 20.5 Å². The number of anilines is 2. The van der Waals surface area contributed by atoms with Gasteiger partial charge >= 0.3 is 0 Å². The third-order valence-electron chi connectivity index (χ3n) is 7.47. The van der Waals surface area contributed by atoms with Crippen LogP contribution in [0, 0.1) is 0 Å². The molecule has 39 heavy (non-hydrogen) atoms. The van der Waals surface area contributed by atoms with Gasteiger partial charge in [0.05, 0.1) is 30.8 Å². The number of rotatable bonds is 8. The number of nitrogens with one attached hydrogen (secondary N) is 1. The van der Waals surface area contributed by atoms with Gasteiger partial charge in [0.2, 0.25) is 11.9 Å². The van der Waals surface area contributed by atoms with E-state index in [9.17, 15) is 13.6 Å². The molecule has 1 aromatic carbocycles. The van der Waals surface area contributed by atoms with Gasteiger partial charge in [-0.2, -0.15) is 9.97 Å². The number of hydrogen-bond donors (Lipinski definition) is 1. The Balaban J connectivity index is 1.41. The third-order valence-corrected chi connectivity index (χ3v) is 7.47. The van der Waals surface area contributed by atoms with E-state index in [0.29, 0.717) is 61.5 Å². The van der Waals surface area contributed by atoms with Crippen LogP contribution in [0.5, 0.6) is 0 Å². The van der Waals surface area contributed by atoms with Crippen LogP contribution in [0.1, 0.15) is 37.9 Å². The molecule has 10 nitrogen and oxygen atoms in total. The molecule has 2 fully saturated rings. The Hall–Kier alpha value is -3.38. The van der Waals surface area contributed by atoms with Gasteiger partial charge in [0, 0.05) is 38.3 Å². The van der Waals surface area contributed by atoms with Crippen molar-refractivity contribution in [2.45, 2.75) is 44.2 Å².